The normalized spacial score (nSPS) is 14.1. The molecule has 0 bridgehead atoms. The van der Waals surface area contributed by atoms with E-state index < -0.39 is 11.5 Å². The lowest BCUT2D eigenvalue weighted by atomic mass is 10.1. The summed E-state index contributed by atoms with van der Waals surface area (Å²) in [5, 5.41) is 0.701. The number of benzene rings is 2. The highest BCUT2D eigenvalue weighted by molar-refractivity contribution is 6.08. The van der Waals surface area contributed by atoms with E-state index in [4.69, 9.17) is 14.4 Å². The zero-order valence-corrected chi connectivity index (χ0v) is 15.8. The first-order valence-electron chi connectivity index (χ1n) is 9.44. The number of nitrogens with zero attached hydrogens (tertiary/aromatic N) is 4. The molecule has 0 saturated heterocycles. The van der Waals surface area contributed by atoms with Crippen LogP contribution in [0.4, 0.5) is 11.6 Å². The smallest absolute Gasteiger partial charge is 0.349 e. The van der Waals surface area contributed by atoms with E-state index in [9.17, 15) is 9.59 Å². The fourth-order valence-electron chi connectivity index (χ4n) is 3.65. The Morgan fingerprint density at radius 3 is 2.45 bits per heavy atom. The molecule has 0 atom stereocenters. The maximum atomic E-state index is 13.4. The van der Waals surface area contributed by atoms with Gasteiger partial charge in [-0.05, 0) is 30.7 Å². The number of amides is 1. The molecule has 7 heteroatoms. The first-order chi connectivity index (χ1) is 14.1. The summed E-state index contributed by atoms with van der Waals surface area (Å²) in [6.45, 7) is 1.17. The quantitative estimate of drug-likeness (QED) is 0.467. The highest BCUT2D eigenvalue weighted by atomic mass is 16.4. The van der Waals surface area contributed by atoms with Gasteiger partial charge in [0.2, 0.25) is 0 Å². The third-order valence-electron chi connectivity index (χ3n) is 5.14. The second-order valence-electron chi connectivity index (χ2n) is 7.08. The van der Waals surface area contributed by atoms with E-state index in [0.29, 0.717) is 34.7 Å². The summed E-state index contributed by atoms with van der Waals surface area (Å²) in [4.78, 5) is 38.9. The molecular weight excluding hydrogens is 368 g/mol. The molecule has 0 spiro atoms. The molecular formula is C22H18N4O3. The van der Waals surface area contributed by atoms with Crippen LogP contribution in [0.1, 0.15) is 16.8 Å². The van der Waals surface area contributed by atoms with Crippen molar-refractivity contribution in [3.05, 3.63) is 70.6 Å². The van der Waals surface area contributed by atoms with Crippen LogP contribution in [0.2, 0.25) is 0 Å². The number of hydrogen-bond acceptors (Lipinski definition) is 6. The van der Waals surface area contributed by atoms with E-state index in [1.807, 2.05) is 48.3 Å². The van der Waals surface area contributed by atoms with Gasteiger partial charge in [0, 0.05) is 25.5 Å². The Morgan fingerprint density at radius 1 is 0.966 bits per heavy atom. The van der Waals surface area contributed by atoms with Crippen molar-refractivity contribution in [2.24, 2.45) is 0 Å². The van der Waals surface area contributed by atoms with Crippen molar-refractivity contribution >= 4 is 39.5 Å². The Labute approximate surface area is 166 Å². The zero-order chi connectivity index (χ0) is 20.0. The van der Waals surface area contributed by atoms with Gasteiger partial charge in [0.15, 0.2) is 11.6 Å². The van der Waals surface area contributed by atoms with Gasteiger partial charge in [-0.15, -0.1) is 0 Å². The maximum absolute atomic E-state index is 13.4. The van der Waals surface area contributed by atoms with Crippen LogP contribution in [0, 0.1) is 0 Å². The third-order valence-corrected chi connectivity index (χ3v) is 5.14. The Bertz CT molecular complexity index is 1310. The largest absolute Gasteiger partial charge is 0.422 e. The van der Waals surface area contributed by atoms with E-state index in [0.717, 1.165) is 18.5 Å². The highest BCUT2D eigenvalue weighted by Gasteiger charge is 2.29. The Balaban J connectivity index is 1.67. The van der Waals surface area contributed by atoms with Crippen molar-refractivity contribution in [1.29, 1.82) is 0 Å². The van der Waals surface area contributed by atoms with Gasteiger partial charge in [-0.2, -0.15) is 0 Å². The third kappa shape index (κ3) is 2.91. The predicted octanol–water partition coefficient (Wildman–Crippen LogP) is 3.22. The molecule has 29 heavy (non-hydrogen) atoms. The summed E-state index contributed by atoms with van der Waals surface area (Å²) in [5.74, 6) is 0.659. The number of para-hydroxylation sites is 3. The molecule has 144 valence electrons. The van der Waals surface area contributed by atoms with Gasteiger partial charge in [-0.1, -0.05) is 30.3 Å². The topological polar surface area (TPSA) is 79.5 Å². The molecule has 0 aliphatic carbocycles. The summed E-state index contributed by atoms with van der Waals surface area (Å²) in [5.41, 5.74) is 1.26. The van der Waals surface area contributed by atoms with Crippen LogP contribution in [-0.2, 0) is 0 Å². The van der Waals surface area contributed by atoms with Crippen molar-refractivity contribution in [2.75, 3.05) is 29.9 Å². The van der Waals surface area contributed by atoms with Crippen molar-refractivity contribution < 1.29 is 9.21 Å². The fraction of sp³-hybridized carbons (Fsp3) is 0.182. The maximum Gasteiger partial charge on any atom is 0.349 e. The minimum absolute atomic E-state index is 0.00541. The number of hydrogen-bond donors (Lipinski definition) is 0. The molecule has 1 aliphatic rings. The van der Waals surface area contributed by atoms with Gasteiger partial charge in [-0.25, -0.2) is 14.8 Å². The van der Waals surface area contributed by atoms with Crippen molar-refractivity contribution in [3.8, 4) is 0 Å². The standard InChI is InChI=1S/C22H18N4O3/c1-25-11-6-12-26(20-19(25)23-16-8-3-4-9-17(16)24-20)21(27)15-13-14-7-2-5-10-18(14)29-22(15)28/h2-5,7-10,13H,6,11-12H2,1H3. The molecule has 3 heterocycles. The summed E-state index contributed by atoms with van der Waals surface area (Å²) >= 11 is 0. The van der Waals surface area contributed by atoms with Crippen LogP contribution >= 0.6 is 0 Å². The minimum atomic E-state index is -0.651. The van der Waals surface area contributed by atoms with Gasteiger partial charge < -0.3 is 9.32 Å². The van der Waals surface area contributed by atoms with Crippen molar-refractivity contribution in [3.63, 3.8) is 0 Å². The number of carbonyl (C=O) groups is 1. The van der Waals surface area contributed by atoms with Crippen LogP contribution in [-0.4, -0.2) is 36.0 Å². The fourth-order valence-corrected chi connectivity index (χ4v) is 3.65. The van der Waals surface area contributed by atoms with Crippen LogP contribution < -0.4 is 15.4 Å². The first kappa shape index (κ1) is 17.4. The first-order valence-corrected chi connectivity index (χ1v) is 9.44. The van der Waals surface area contributed by atoms with E-state index in [2.05, 4.69) is 0 Å². The highest BCUT2D eigenvalue weighted by Crippen LogP contribution is 2.31. The molecule has 2 aromatic heterocycles. The van der Waals surface area contributed by atoms with E-state index >= 15 is 0 Å². The van der Waals surface area contributed by atoms with Gasteiger partial charge in [0.05, 0.1) is 11.0 Å². The van der Waals surface area contributed by atoms with Gasteiger partial charge >= 0.3 is 5.63 Å². The molecule has 1 amide bonds. The van der Waals surface area contributed by atoms with Gasteiger partial charge in [0.1, 0.15) is 11.1 Å². The summed E-state index contributed by atoms with van der Waals surface area (Å²) in [6.07, 6.45) is 0.732. The number of aromatic nitrogens is 2. The number of anilines is 2. The average Bonchev–Trinajstić information content (AvgIpc) is 2.90. The Kier molecular flexibility index (Phi) is 4.01. The zero-order valence-electron chi connectivity index (χ0n) is 15.8. The summed E-state index contributed by atoms with van der Waals surface area (Å²) in [7, 11) is 1.93. The molecule has 0 radical (unpaired) electrons. The monoisotopic (exact) mass is 386 g/mol. The lowest BCUT2D eigenvalue weighted by molar-refractivity contribution is 0.0983. The van der Waals surface area contributed by atoms with Gasteiger partial charge in [0.25, 0.3) is 5.91 Å². The number of rotatable bonds is 1. The molecule has 5 rings (SSSR count). The lowest BCUT2D eigenvalue weighted by Crippen LogP contribution is -2.35. The van der Waals surface area contributed by atoms with E-state index in [1.165, 1.54) is 0 Å². The second-order valence-corrected chi connectivity index (χ2v) is 7.08. The SMILES string of the molecule is CN1CCCN(C(=O)c2cc3ccccc3oc2=O)c2nc3ccccc3nc21. The predicted molar refractivity (Wildman–Crippen MR) is 112 cm³/mol. The molecule has 4 aromatic rings. The molecule has 0 unspecified atom stereocenters. The van der Waals surface area contributed by atoms with Crippen LogP contribution in [0.25, 0.3) is 22.0 Å². The molecule has 1 aliphatic heterocycles. The van der Waals surface area contributed by atoms with Crippen LogP contribution in [0.5, 0.6) is 0 Å². The van der Waals surface area contributed by atoms with Gasteiger partial charge in [-0.3, -0.25) is 9.69 Å². The molecule has 2 aromatic carbocycles. The van der Waals surface area contributed by atoms with E-state index in [-0.39, 0.29) is 5.56 Å². The summed E-state index contributed by atoms with van der Waals surface area (Å²) < 4.78 is 5.37. The molecule has 0 fully saturated rings. The average molecular weight is 386 g/mol. The molecule has 0 saturated carbocycles. The molecule has 7 nitrogen and oxygen atoms in total. The van der Waals surface area contributed by atoms with E-state index in [1.54, 1.807) is 23.1 Å². The number of carbonyl (C=O) groups excluding carboxylic acids is 1. The van der Waals surface area contributed by atoms with Crippen LogP contribution in [0.15, 0.2) is 63.8 Å². The number of fused-ring (bicyclic) bond motifs is 3. The van der Waals surface area contributed by atoms with Crippen LogP contribution in [0.3, 0.4) is 0 Å². The Hall–Kier alpha value is -3.74. The minimum Gasteiger partial charge on any atom is -0.422 e. The van der Waals surface area contributed by atoms with Crippen molar-refractivity contribution in [2.45, 2.75) is 6.42 Å². The molecule has 0 N–H and O–H groups in total. The van der Waals surface area contributed by atoms with Crippen molar-refractivity contribution in [1.82, 2.24) is 9.97 Å². The summed E-state index contributed by atoms with van der Waals surface area (Å²) in [6, 6.07) is 16.3. The second kappa shape index (κ2) is 6.70. The lowest BCUT2D eigenvalue weighted by Gasteiger charge is -2.22. The Morgan fingerprint density at radius 2 is 1.66 bits per heavy atom.